The van der Waals surface area contributed by atoms with Gasteiger partial charge in [0, 0.05) is 11.8 Å². The van der Waals surface area contributed by atoms with Crippen LogP contribution < -0.4 is 15.8 Å². The number of hydrogen-bond donors (Lipinski definition) is 2. The number of nitrogens with two attached hydrogens (primary N) is 1. The van der Waals surface area contributed by atoms with E-state index >= 15 is 0 Å². The van der Waals surface area contributed by atoms with Crippen LogP contribution >= 0.6 is 0 Å². The van der Waals surface area contributed by atoms with E-state index in [2.05, 4.69) is 5.32 Å². The van der Waals surface area contributed by atoms with Crippen LogP contribution in [0, 0.1) is 5.92 Å². The first-order valence-electron chi connectivity index (χ1n) is 6.32. The van der Waals surface area contributed by atoms with Crippen LogP contribution in [0.2, 0.25) is 0 Å². The lowest BCUT2D eigenvalue weighted by atomic mass is 10.0. The van der Waals surface area contributed by atoms with Gasteiger partial charge in [-0.25, -0.2) is 0 Å². The Balaban J connectivity index is 2.61. The summed E-state index contributed by atoms with van der Waals surface area (Å²) >= 11 is 0. The number of rotatable bonds is 6. The third kappa shape index (κ3) is 4.75. The molecule has 0 spiro atoms. The van der Waals surface area contributed by atoms with E-state index < -0.39 is 6.04 Å². The molecule has 0 saturated carbocycles. The van der Waals surface area contributed by atoms with Gasteiger partial charge in [0.2, 0.25) is 5.91 Å². The molecule has 0 bridgehead atoms. The van der Waals surface area contributed by atoms with Crippen LogP contribution in [-0.4, -0.2) is 18.6 Å². The standard InChI is InChI=1S/C14H22N2O2/c1-4-18-12-7-5-6-11(9-12)16-14(17)13(15)8-10(2)3/h5-7,9-10,13H,4,8,15H2,1-3H3,(H,16,17)/t13-/m1/s1. The molecule has 1 rings (SSSR count). The van der Waals surface area contributed by atoms with Crippen molar-refractivity contribution in [1.29, 1.82) is 0 Å². The summed E-state index contributed by atoms with van der Waals surface area (Å²) in [5, 5.41) is 2.80. The lowest BCUT2D eigenvalue weighted by molar-refractivity contribution is -0.117. The molecule has 0 aliphatic carbocycles. The zero-order valence-electron chi connectivity index (χ0n) is 11.3. The summed E-state index contributed by atoms with van der Waals surface area (Å²) in [7, 11) is 0. The monoisotopic (exact) mass is 250 g/mol. The van der Waals surface area contributed by atoms with E-state index in [1.165, 1.54) is 0 Å². The van der Waals surface area contributed by atoms with E-state index in [1.54, 1.807) is 6.07 Å². The van der Waals surface area contributed by atoms with Gasteiger partial charge in [0.05, 0.1) is 12.6 Å². The van der Waals surface area contributed by atoms with Crippen LogP contribution in [0.5, 0.6) is 5.75 Å². The number of nitrogens with one attached hydrogen (secondary N) is 1. The van der Waals surface area contributed by atoms with Gasteiger partial charge in [-0.05, 0) is 31.4 Å². The van der Waals surface area contributed by atoms with Crippen LogP contribution in [0.3, 0.4) is 0 Å². The first kappa shape index (κ1) is 14.5. The molecule has 1 aromatic rings. The highest BCUT2D eigenvalue weighted by atomic mass is 16.5. The van der Waals surface area contributed by atoms with Gasteiger partial charge in [-0.3, -0.25) is 4.79 Å². The predicted molar refractivity (Wildman–Crippen MR) is 73.7 cm³/mol. The maximum Gasteiger partial charge on any atom is 0.241 e. The van der Waals surface area contributed by atoms with Gasteiger partial charge in [0.15, 0.2) is 0 Å². The van der Waals surface area contributed by atoms with Crippen molar-refractivity contribution in [1.82, 2.24) is 0 Å². The van der Waals surface area contributed by atoms with Crippen molar-refractivity contribution < 1.29 is 9.53 Å². The molecule has 1 aromatic carbocycles. The van der Waals surface area contributed by atoms with Crippen LogP contribution in [0.25, 0.3) is 0 Å². The van der Waals surface area contributed by atoms with Gasteiger partial charge in [-0.1, -0.05) is 19.9 Å². The Hall–Kier alpha value is -1.55. The molecule has 100 valence electrons. The Morgan fingerprint density at radius 1 is 1.44 bits per heavy atom. The molecule has 3 N–H and O–H groups in total. The van der Waals surface area contributed by atoms with E-state index in [-0.39, 0.29) is 5.91 Å². The van der Waals surface area contributed by atoms with Gasteiger partial charge in [-0.2, -0.15) is 0 Å². The highest BCUT2D eigenvalue weighted by Gasteiger charge is 2.15. The molecule has 0 radical (unpaired) electrons. The number of carbonyl (C=O) groups excluding carboxylic acids is 1. The van der Waals surface area contributed by atoms with E-state index in [9.17, 15) is 4.79 Å². The number of benzene rings is 1. The molecular formula is C14H22N2O2. The molecule has 0 unspecified atom stereocenters. The minimum atomic E-state index is -0.472. The number of hydrogen-bond acceptors (Lipinski definition) is 3. The van der Waals surface area contributed by atoms with Crippen LogP contribution in [0.4, 0.5) is 5.69 Å². The number of carbonyl (C=O) groups is 1. The molecule has 1 atom stereocenters. The molecule has 0 heterocycles. The van der Waals surface area contributed by atoms with E-state index in [0.29, 0.717) is 24.6 Å². The maximum atomic E-state index is 11.8. The number of amides is 1. The Labute approximate surface area is 109 Å². The molecule has 0 fully saturated rings. The summed E-state index contributed by atoms with van der Waals surface area (Å²) in [5.41, 5.74) is 6.53. The summed E-state index contributed by atoms with van der Waals surface area (Å²) < 4.78 is 5.37. The summed E-state index contributed by atoms with van der Waals surface area (Å²) in [6.07, 6.45) is 0.678. The van der Waals surface area contributed by atoms with Gasteiger partial charge in [0.1, 0.15) is 5.75 Å². The largest absolute Gasteiger partial charge is 0.494 e. The fourth-order valence-electron chi connectivity index (χ4n) is 1.68. The number of anilines is 1. The van der Waals surface area contributed by atoms with Crippen molar-refractivity contribution in [3.8, 4) is 5.75 Å². The van der Waals surface area contributed by atoms with Crippen molar-refractivity contribution in [2.24, 2.45) is 11.7 Å². The van der Waals surface area contributed by atoms with Gasteiger partial charge in [0.25, 0.3) is 0 Å². The summed E-state index contributed by atoms with van der Waals surface area (Å²) in [6.45, 7) is 6.61. The van der Waals surface area contributed by atoms with Gasteiger partial charge >= 0.3 is 0 Å². The van der Waals surface area contributed by atoms with Crippen molar-refractivity contribution in [3.05, 3.63) is 24.3 Å². The SMILES string of the molecule is CCOc1cccc(NC(=O)[C@H](N)CC(C)C)c1. The fraction of sp³-hybridized carbons (Fsp3) is 0.500. The summed E-state index contributed by atoms with van der Waals surface area (Å²) in [6, 6.07) is 6.84. The lowest BCUT2D eigenvalue weighted by Crippen LogP contribution is -2.36. The van der Waals surface area contributed by atoms with Crippen LogP contribution in [-0.2, 0) is 4.79 Å². The van der Waals surface area contributed by atoms with E-state index in [4.69, 9.17) is 10.5 Å². The van der Waals surface area contributed by atoms with E-state index in [0.717, 1.165) is 5.75 Å². The van der Waals surface area contributed by atoms with E-state index in [1.807, 2.05) is 39.0 Å². The molecule has 1 amide bonds. The molecule has 0 saturated heterocycles. The topological polar surface area (TPSA) is 64.3 Å². The second kappa shape index (κ2) is 7.01. The first-order chi connectivity index (χ1) is 8.52. The second-order valence-corrected chi connectivity index (χ2v) is 4.69. The Morgan fingerprint density at radius 2 is 2.17 bits per heavy atom. The summed E-state index contributed by atoms with van der Waals surface area (Å²) in [4.78, 5) is 11.8. The van der Waals surface area contributed by atoms with Crippen molar-refractivity contribution in [3.63, 3.8) is 0 Å². The Bertz CT molecular complexity index is 391. The fourth-order valence-corrected chi connectivity index (χ4v) is 1.68. The lowest BCUT2D eigenvalue weighted by Gasteiger charge is -2.14. The molecule has 4 heteroatoms. The molecular weight excluding hydrogens is 228 g/mol. The maximum absolute atomic E-state index is 11.8. The molecule has 4 nitrogen and oxygen atoms in total. The predicted octanol–water partition coefficient (Wildman–Crippen LogP) is 2.40. The molecule has 18 heavy (non-hydrogen) atoms. The highest BCUT2D eigenvalue weighted by Crippen LogP contribution is 2.17. The Kier molecular flexibility index (Phi) is 5.65. The normalized spacial score (nSPS) is 12.3. The van der Waals surface area contributed by atoms with Crippen molar-refractivity contribution in [2.45, 2.75) is 33.2 Å². The zero-order chi connectivity index (χ0) is 13.5. The first-order valence-corrected chi connectivity index (χ1v) is 6.32. The molecule has 0 aromatic heterocycles. The highest BCUT2D eigenvalue weighted by molar-refractivity contribution is 5.94. The van der Waals surface area contributed by atoms with Gasteiger partial charge in [-0.15, -0.1) is 0 Å². The summed E-state index contributed by atoms with van der Waals surface area (Å²) in [5.74, 6) is 0.991. The smallest absolute Gasteiger partial charge is 0.241 e. The zero-order valence-corrected chi connectivity index (χ0v) is 11.3. The van der Waals surface area contributed by atoms with Gasteiger partial charge < -0.3 is 15.8 Å². The molecule has 0 aliphatic rings. The van der Waals surface area contributed by atoms with Crippen LogP contribution in [0.1, 0.15) is 27.2 Å². The van der Waals surface area contributed by atoms with Crippen molar-refractivity contribution in [2.75, 3.05) is 11.9 Å². The second-order valence-electron chi connectivity index (χ2n) is 4.69. The average Bonchev–Trinajstić information content (AvgIpc) is 2.29. The average molecular weight is 250 g/mol. The quantitative estimate of drug-likeness (QED) is 0.814. The molecule has 0 aliphatic heterocycles. The van der Waals surface area contributed by atoms with Crippen molar-refractivity contribution >= 4 is 11.6 Å². The third-order valence-corrected chi connectivity index (χ3v) is 2.47. The van der Waals surface area contributed by atoms with Crippen LogP contribution in [0.15, 0.2) is 24.3 Å². The minimum Gasteiger partial charge on any atom is -0.494 e. The Morgan fingerprint density at radius 3 is 2.78 bits per heavy atom. The third-order valence-electron chi connectivity index (χ3n) is 2.47. The minimum absolute atomic E-state index is 0.155. The number of ether oxygens (including phenoxy) is 1.